The van der Waals surface area contributed by atoms with E-state index in [9.17, 15) is 0 Å². The molecule has 1 aromatic rings. The highest BCUT2D eigenvalue weighted by Crippen LogP contribution is 2.27. The van der Waals surface area contributed by atoms with Gasteiger partial charge in [-0.3, -0.25) is 0 Å². The minimum Gasteiger partial charge on any atom is -0.497 e. The molecule has 1 atom stereocenters. The minimum absolute atomic E-state index is 0.250. The molecule has 0 saturated carbocycles. The van der Waals surface area contributed by atoms with Gasteiger partial charge in [-0.25, -0.2) is 0 Å². The van der Waals surface area contributed by atoms with Crippen molar-refractivity contribution < 1.29 is 4.74 Å². The molecule has 0 bridgehead atoms. The number of methoxy groups -OCH3 is 1. The lowest BCUT2D eigenvalue weighted by Crippen LogP contribution is -2.09. The molecule has 1 rings (SSSR count). The Morgan fingerprint density at radius 2 is 2.36 bits per heavy atom. The molecule has 0 amide bonds. The Morgan fingerprint density at radius 3 is 2.86 bits per heavy atom. The first-order valence-corrected chi connectivity index (χ1v) is 4.94. The molecular formula is C10H11BrN2O. The van der Waals surface area contributed by atoms with E-state index in [-0.39, 0.29) is 6.04 Å². The number of nitrogens with two attached hydrogens (primary N) is 1. The molecule has 0 radical (unpaired) electrons. The number of benzene rings is 1. The van der Waals surface area contributed by atoms with Gasteiger partial charge in [-0.05, 0) is 17.7 Å². The second-order valence-electron chi connectivity index (χ2n) is 2.86. The van der Waals surface area contributed by atoms with Gasteiger partial charge in [0.25, 0.3) is 0 Å². The van der Waals surface area contributed by atoms with Gasteiger partial charge in [-0.15, -0.1) is 0 Å². The van der Waals surface area contributed by atoms with Crippen LogP contribution in [-0.4, -0.2) is 7.11 Å². The lowest BCUT2D eigenvalue weighted by molar-refractivity contribution is 0.414. The number of rotatable bonds is 3. The number of halogens is 1. The average Bonchev–Trinajstić information content (AvgIpc) is 2.17. The van der Waals surface area contributed by atoms with Gasteiger partial charge in [-0.1, -0.05) is 22.0 Å². The van der Waals surface area contributed by atoms with Gasteiger partial charge in [0.2, 0.25) is 0 Å². The summed E-state index contributed by atoms with van der Waals surface area (Å²) in [6.07, 6.45) is 0.310. The van der Waals surface area contributed by atoms with E-state index in [1.165, 1.54) is 0 Å². The lowest BCUT2D eigenvalue weighted by Gasteiger charge is -2.11. The molecule has 2 N–H and O–H groups in total. The first-order chi connectivity index (χ1) is 6.69. The second-order valence-corrected chi connectivity index (χ2v) is 3.71. The van der Waals surface area contributed by atoms with Crippen LogP contribution in [0.15, 0.2) is 22.7 Å². The van der Waals surface area contributed by atoms with Crippen LogP contribution in [0, 0.1) is 11.3 Å². The molecule has 0 aromatic heterocycles. The molecule has 1 aromatic carbocycles. The van der Waals surface area contributed by atoms with Crippen molar-refractivity contribution in [2.24, 2.45) is 5.73 Å². The molecule has 0 aliphatic carbocycles. The van der Waals surface area contributed by atoms with E-state index < -0.39 is 0 Å². The molecule has 0 unspecified atom stereocenters. The summed E-state index contributed by atoms with van der Waals surface area (Å²) in [6, 6.07) is 7.33. The summed E-state index contributed by atoms with van der Waals surface area (Å²) >= 11 is 3.39. The predicted molar refractivity (Wildman–Crippen MR) is 57.9 cm³/mol. The first-order valence-electron chi connectivity index (χ1n) is 4.15. The molecule has 4 heteroatoms. The molecule has 0 aliphatic rings. The maximum atomic E-state index is 8.52. The fraction of sp³-hybridized carbons (Fsp3) is 0.300. The van der Waals surface area contributed by atoms with Crippen LogP contribution in [0.4, 0.5) is 0 Å². The van der Waals surface area contributed by atoms with Crippen molar-refractivity contribution in [3.8, 4) is 11.8 Å². The van der Waals surface area contributed by atoms with Crippen LogP contribution in [-0.2, 0) is 0 Å². The van der Waals surface area contributed by atoms with Crippen LogP contribution >= 0.6 is 15.9 Å². The zero-order valence-corrected chi connectivity index (χ0v) is 9.41. The SMILES string of the molecule is COc1ccc([C@H](N)CC#N)c(Br)c1. The van der Waals surface area contributed by atoms with Crippen molar-refractivity contribution >= 4 is 15.9 Å². The van der Waals surface area contributed by atoms with E-state index in [2.05, 4.69) is 15.9 Å². The molecule has 0 heterocycles. The van der Waals surface area contributed by atoms with Crippen molar-refractivity contribution in [1.82, 2.24) is 0 Å². The Hall–Kier alpha value is -1.05. The summed E-state index contributed by atoms with van der Waals surface area (Å²) in [5, 5.41) is 8.52. The van der Waals surface area contributed by atoms with Crippen LogP contribution in [0.3, 0.4) is 0 Å². The molecule has 0 aliphatic heterocycles. The highest BCUT2D eigenvalue weighted by molar-refractivity contribution is 9.10. The van der Waals surface area contributed by atoms with Gasteiger partial charge in [0.15, 0.2) is 0 Å². The maximum absolute atomic E-state index is 8.52. The summed E-state index contributed by atoms with van der Waals surface area (Å²) in [4.78, 5) is 0. The fourth-order valence-electron chi connectivity index (χ4n) is 1.14. The van der Waals surface area contributed by atoms with Gasteiger partial charge >= 0.3 is 0 Å². The third-order valence-electron chi connectivity index (χ3n) is 1.92. The van der Waals surface area contributed by atoms with Crippen molar-refractivity contribution in [3.05, 3.63) is 28.2 Å². The molecule has 14 heavy (non-hydrogen) atoms. The molecular weight excluding hydrogens is 244 g/mol. The van der Waals surface area contributed by atoms with Crippen molar-refractivity contribution in [2.45, 2.75) is 12.5 Å². The largest absolute Gasteiger partial charge is 0.497 e. The Bertz CT molecular complexity index is 360. The van der Waals surface area contributed by atoms with Crippen molar-refractivity contribution in [1.29, 1.82) is 5.26 Å². The summed E-state index contributed by atoms with van der Waals surface area (Å²) in [7, 11) is 1.61. The topological polar surface area (TPSA) is 59.0 Å². The van der Waals surface area contributed by atoms with Crippen LogP contribution < -0.4 is 10.5 Å². The number of nitrogens with zero attached hydrogens (tertiary/aromatic N) is 1. The third-order valence-corrected chi connectivity index (χ3v) is 2.61. The molecule has 0 fully saturated rings. The van der Waals surface area contributed by atoms with Gasteiger partial charge in [0.05, 0.1) is 19.6 Å². The molecule has 74 valence electrons. The molecule has 0 spiro atoms. The monoisotopic (exact) mass is 254 g/mol. The lowest BCUT2D eigenvalue weighted by atomic mass is 10.1. The number of nitriles is 1. The minimum atomic E-state index is -0.250. The van der Waals surface area contributed by atoms with Gasteiger partial charge < -0.3 is 10.5 Å². The maximum Gasteiger partial charge on any atom is 0.120 e. The van der Waals surface area contributed by atoms with E-state index in [1.54, 1.807) is 7.11 Å². The second kappa shape index (κ2) is 4.99. The van der Waals surface area contributed by atoms with Crippen molar-refractivity contribution in [2.75, 3.05) is 7.11 Å². The zero-order valence-electron chi connectivity index (χ0n) is 7.83. The van der Waals surface area contributed by atoms with Crippen LogP contribution in [0.5, 0.6) is 5.75 Å². The predicted octanol–water partition coefficient (Wildman–Crippen LogP) is 2.37. The van der Waals surface area contributed by atoms with Gasteiger partial charge in [0, 0.05) is 10.5 Å². The Kier molecular flexibility index (Phi) is 3.93. The Labute approximate surface area is 91.6 Å². The molecule has 0 saturated heterocycles. The summed E-state index contributed by atoms with van der Waals surface area (Å²) in [5.74, 6) is 0.768. The summed E-state index contributed by atoms with van der Waals surface area (Å²) in [6.45, 7) is 0. The Morgan fingerprint density at radius 1 is 1.64 bits per heavy atom. The van der Waals surface area contributed by atoms with Gasteiger partial charge in [-0.2, -0.15) is 5.26 Å². The zero-order chi connectivity index (χ0) is 10.6. The van der Waals surface area contributed by atoms with Crippen molar-refractivity contribution in [3.63, 3.8) is 0 Å². The quantitative estimate of drug-likeness (QED) is 0.901. The summed E-state index contributed by atoms with van der Waals surface area (Å²) in [5.41, 5.74) is 6.73. The van der Waals surface area contributed by atoms with E-state index in [4.69, 9.17) is 15.7 Å². The highest BCUT2D eigenvalue weighted by Gasteiger charge is 2.09. The van der Waals surface area contributed by atoms with E-state index >= 15 is 0 Å². The normalized spacial score (nSPS) is 11.9. The fourth-order valence-corrected chi connectivity index (χ4v) is 1.80. The van der Waals surface area contributed by atoms with Crippen LogP contribution in [0.2, 0.25) is 0 Å². The van der Waals surface area contributed by atoms with E-state index in [0.717, 1.165) is 15.8 Å². The van der Waals surface area contributed by atoms with E-state index in [1.807, 2.05) is 24.3 Å². The highest BCUT2D eigenvalue weighted by atomic mass is 79.9. The number of hydrogen-bond acceptors (Lipinski definition) is 3. The standard InChI is InChI=1S/C10H11BrN2O/c1-14-7-2-3-8(9(11)6-7)10(13)4-5-12/h2-3,6,10H,4,13H2,1H3/t10-/m1/s1. The average molecular weight is 255 g/mol. The number of ether oxygens (including phenoxy) is 1. The smallest absolute Gasteiger partial charge is 0.120 e. The van der Waals surface area contributed by atoms with Gasteiger partial charge in [0.1, 0.15) is 5.75 Å². The summed E-state index contributed by atoms with van der Waals surface area (Å²) < 4.78 is 5.93. The first kappa shape index (κ1) is 11.0. The van der Waals surface area contributed by atoms with E-state index in [0.29, 0.717) is 6.42 Å². The van der Waals surface area contributed by atoms with Crippen LogP contribution in [0.1, 0.15) is 18.0 Å². The number of hydrogen-bond donors (Lipinski definition) is 1. The third kappa shape index (κ3) is 2.47. The van der Waals surface area contributed by atoms with Crippen LogP contribution in [0.25, 0.3) is 0 Å². The Balaban J connectivity index is 2.94. The molecule has 3 nitrogen and oxygen atoms in total.